The number of ether oxygens (including phenoxy) is 2. The first-order valence-corrected chi connectivity index (χ1v) is 14.6. The molecule has 10 nitrogen and oxygen atoms in total. The molecule has 6 rings (SSSR count). The van der Waals surface area contributed by atoms with Gasteiger partial charge in [-0.05, 0) is 55.8 Å². The number of rotatable bonds is 8. The van der Waals surface area contributed by atoms with Crippen molar-refractivity contribution in [1.82, 2.24) is 20.2 Å². The molecule has 0 radical (unpaired) electrons. The molecule has 2 aromatic heterocycles. The van der Waals surface area contributed by atoms with Crippen molar-refractivity contribution in [2.45, 2.75) is 35.2 Å². The van der Waals surface area contributed by atoms with Gasteiger partial charge in [-0.3, -0.25) is 19.6 Å². The Hall–Kier alpha value is -4.35. The van der Waals surface area contributed by atoms with Gasteiger partial charge < -0.3 is 30.4 Å². The van der Waals surface area contributed by atoms with E-state index in [-0.39, 0.29) is 30.3 Å². The van der Waals surface area contributed by atoms with Crippen molar-refractivity contribution in [2.75, 3.05) is 26.8 Å². The van der Waals surface area contributed by atoms with Crippen molar-refractivity contribution < 1.29 is 19.1 Å². The van der Waals surface area contributed by atoms with Crippen molar-refractivity contribution in [1.29, 1.82) is 0 Å². The quantitative estimate of drug-likeness (QED) is 0.180. The molecule has 0 spiro atoms. The SMILES string of the molecule is COC[C@@H]1C[C@@H](C(N)=N[C@H](C)c2cc3cnccc3[nH]2)N(C(=O)CNC(=O)c2ccc3c(c2)Oc2ccccc2S3)C1. The lowest BCUT2D eigenvalue weighted by Gasteiger charge is -2.25. The van der Waals surface area contributed by atoms with Gasteiger partial charge in [0.05, 0.1) is 35.0 Å². The molecule has 2 amide bonds. The number of nitrogens with two attached hydrogens (primary N) is 1. The number of aromatic nitrogens is 2. The molecule has 0 bridgehead atoms. The summed E-state index contributed by atoms with van der Waals surface area (Å²) in [6.07, 6.45) is 4.16. The van der Waals surface area contributed by atoms with Crippen LogP contribution in [0.3, 0.4) is 0 Å². The fraction of sp³-hybridized carbons (Fsp3) is 0.290. The predicted molar refractivity (Wildman–Crippen MR) is 161 cm³/mol. The normalized spacial score (nSPS) is 18.7. The first-order chi connectivity index (χ1) is 20.4. The van der Waals surface area contributed by atoms with Crippen LogP contribution in [0.1, 0.15) is 35.4 Å². The number of methoxy groups -OCH3 is 1. The van der Waals surface area contributed by atoms with Crippen LogP contribution in [0.25, 0.3) is 10.9 Å². The van der Waals surface area contributed by atoms with Crippen molar-refractivity contribution in [3.05, 3.63) is 78.2 Å². The van der Waals surface area contributed by atoms with Crippen molar-refractivity contribution in [3.63, 3.8) is 0 Å². The number of benzene rings is 2. The third-order valence-corrected chi connectivity index (χ3v) is 8.70. The van der Waals surface area contributed by atoms with Crippen molar-refractivity contribution in [2.24, 2.45) is 16.6 Å². The second-order valence-electron chi connectivity index (χ2n) is 10.5. The Bertz CT molecular complexity index is 1640. The molecular formula is C31H32N6O4S. The van der Waals surface area contributed by atoms with Crippen molar-refractivity contribution in [3.8, 4) is 11.5 Å². The van der Waals surface area contributed by atoms with E-state index in [1.165, 1.54) is 0 Å². The number of carbonyl (C=O) groups is 2. The van der Waals surface area contributed by atoms with E-state index in [2.05, 4.69) is 15.3 Å². The van der Waals surface area contributed by atoms with Crippen LogP contribution in [0.4, 0.5) is 0 Å². The van der Waals surface area contributed by atoms with E-state index in [1.54, 1.807) is 48.3 Å². The zero-order valence-electron chi connectivity index (χ0n) is 23.4. The van der Waals surface area contributed by atoms with Crippen molar-refractivity contribution >= 4 is 40.3 Å². The maximum Gasteiger partial charge on any atom is 0.251 e. The molecule has 2 aromatic carbocycles. The maximum absolute atomic E-state index is 13.4. The van der Waals surface area contributed by atoms with Gasteiger partial charge in [0.1, 0.15) is 17.3 Å². The minimum absolute atomic E-state index is 0.112. The number of aromatic amines is 1. The number of H-pyrrole nitrogens is 1. The van der Waals surface area contributed by atoms with Crippen LogP contribution in [0, 0.1) is 5.92 Å². The molecule has 4 heterocycles. The van der Waals surface area contributed by atoms with Gasteiger partial charge in [0, 0.05) is 54.1 Å². The zero-order chi connectivity index (χ0) is 29.2. The summed E-state index contributed by atoms with van der Waals surface area (Å²) in [6.45, 7) is 2.76. The molecule has 0 saturated carbocycles. The van der Waals surface area contributed by atoms with E-state index in [9.17, 15) is 9.59 Å². The number of amides is 2. The van der Waals surface area contributed by atoms with E-state index < -0.39 is 6.04 Å². The highest BCUT2D eigenvalue weighted by Gasteiger charge is 2.37. The molecule has 1 fully saturated rings. The Morgan fingerprint density at radius 3 is 2.88 bits per heavy atom. The molecule has 0 aliphatic carbocycles. The van der Waals surface area contributed by atoms with Gasteiger partial charge in [-0.15, -0.1) is 0 Å². The lowest BCUT2D eigenvalue weighted by atomic mass is 10.1. The number of fused-ring (bicyclic) bond motifs is 3. The summed E-state index contributed by atoms with van der Waals surface area (Å²) in [5, 5.41) is 3.77. The van der Waals surface area contributed by atoms with Gasteiger partial charge in [0.15, 0.2) is 0 Å². The average Bonchev–Trinajstić information content (AvgIpc) is 3.63. The minimum atomic E-state index is -0.391. The van der Waals surface area contributed by atoms with Crippen LogP contribution in [0.5, 0.6) is 11.5 Å². The van der Waals surface area contributed by atoms with Crippen LogP contribution in [0.2, 0.25) is 0 Å². The lowest BCUT2D eigenvalue weighted by Crippen LogP contribution is -2.47. The van der Waals surface area contributed by atoms with E-state index in [4.69, 9.17) is 20.2 Å². The lowest BCUT2D eigenvalue weighted by molar-refractivity contribution is -0.130. The zero-order valence-corrected chi connectivity index (χ0v) is 24.2. The van der Waals surface area contributed by atoms with Gasteiger partial charge >= 0.3 is 0 Å². The molecule has 4 N–H and O–H groups in total. The van der Waals surface area contributed by atoms with E-state index in [0.717, 1.165) is 32.1 Å². The monoisotopic (exact) mass is 584 g/mol. The summed E-state index contributed by atoms with van der Waals surface area (Å²) in [7, 11) is 1.64. The first kappa shape index (κ1) is 27.8. The number of nitrogens with one attached hydrogen (secondary N) is 2. The first-order valence-electron chi connectivity index (χ1n) is 13.8. The molecule has 3 atom stereocenters. The number of likely N-dealkylation sites (tertiary alicyclic amines) is 1. The smallest absolute Gasteiger partial charge is 0.251 e. The number of hydrogen-bond acceptors (Lipinski definition) is 7. The highest BCUT2D eigenvalue weighted by Crippen LogP contribution is 2.46. The Balaban J connectivity index is 1.12. The Labute approximate surface area is 247 Å². The number of hydrogen-bond donors (Lipinski definition) is 3. The Morgan fingerprint density at radius 1 is 1.21 bits per heavy atom. The van der Waals surface area contributed by atoms with E-state index in [0.29, 0.717) is 36.7 Å². The summed E-state index contributed by atoms with van der Waals surface area (Å²) >= 11 is 1.59. The molecule has 1 saturated heterocycles. The van der Waals surface area contributed by atoms with Crippen LogP contribution in [0.15, 0.2) is 81.8 Å². The second-order valence-corrected chi connectivity index (χ2v) is 11.6. The van der Waals surface area contributed by atoms with E-state index in [1.807, 2.05) is 49.4 Å². The summed E-state index contributed by atoms with van der Waals surface area (Å²) < 4.78 is 11.4. The number of aliphatic imine (C=N–C) groups is 1. The molecule has 11 heteroatoms. The van der Waals surface area contributed by atoms with Gasteiger partial charge in [0.25, 0.3) is 5.91 Å². The largest absolute Gasteiger partial charge is 0.455 e. The highest BCUT2D eigenvalue weighted by atomic mass is 32.2. The second kappa shape index (κ2) is 11.9. The molecule has 216 valence electrons. The fourth-order valence-electron chi connectivity index (χ4n) is 5.46. The number of para-hydroxylation sites is 1. The van der Waals surface area contributed by atoms with Gasteiger partial charge in [-0.25, -0.2) is 0 Å². The third-order valence-electron chi connectivity index (χ3n) is 7.58. The maximum atomic E-state index is 13.4. The van der Waals surface area contributed by atoms with Gasteiger partial charge in [0.2, 0.25) is 5.91 Å². The number of carbonyl (C=O) groups excluding carboxylic acids is 2. The molecule has 2 aliphatic rings. The fourth-order valence-corrected chi connectivity index (χ4v) is 6.39. The minimum Gasteiger partial charge on any atom is -0.455 e. The Kier molecular flexibility index (Phi) is 7.86. The molecular weight excluding hydrogens is 552 g/mol. The molecule has 0 unspecified atom stereocenters. The van der Waals surface area contributed by atoms with E-state index >= 15 is 0 Å². The standard InChI is InChI=1S/C31H32N6O4S/c1-18(23-12-21-14-33-10-9-22(21)36-23)35-30(32)24-11-19(17-40-2)16-37(24)29(38)15-34-31(39)20-7-8-28-26(13-20)41-25-5-3-4-6-27(25)42-28/h3-10,12-14,18-19,24,36H,11,15-17H2,1-2H3,(H2,32,35)(H,34,39)/t18-,19-,24+/m1/s1. The van der Waals surface area contributed by atoms with Gasteiger partial charge in [-0.1, -0.05) is 23.9 Å². The number of pyridine rings is 1. The Morgan fingerprint density at radius 2 is 2.05 bits per heavy atom. The topological polar surface area (TPSA) is 135 Å². The van der Waals surface area contributed by atoms with Crippen LogP contribution in [-0.2, 0) is 9.53 Å². The average molecular weight is 585 g/mol. The molecule has 4 aromatic rings. The van der Waals surface area contributed by atoms with Crippen LogP contribution >= 0.6 is 11.8 Å². The highest BCUT2D eigenvalue weighted by molar-refractivity contribution is 7.99. The van der Waals surface area contributed by atoms with Crippen LogP contribution < -0.4 is 15.8 Å². The summed E-state index contributed by atoms with van der Waals surface area (Å²) in [5.74, 6) is 1.27. The van der Waals surface area contributed by atoms with Crippen LogP contribution in [-0.4, -0.2) is 65.4 Å². The van der Waals surface area contributed by atoms with Gasteiger partial charge in [-0.2, -0.15) is 0 Å². The molecule has 2 aliphatic heterocycles. The summed E-state index contributed by atoms with van der Waals surface area (Å²) in [6, 6.07) is 16.4. The number of amidine groups is 1. The summed E-state index contributed by atoms with van der Waals surface area (Å²) in [5.41, 5.74) is 8.83. The number of nitrogens with zero attached hydrogens (tertiary/aromatic N) is 3. The molecule has 42 heavy (non-hydrogen) atoms. The third kappa shape index (κ3) is 5.70. The predicted octanol–water partition coefficient (Wildman–Crippen LogP) is 4.53. The summed E-state index contributed by atoms with van der Waals surface area (Å²) in [4.78, 5) is 42.4.